The number of benzene rings is 3. The van der Waals surface area contributed by atoms with E-state index in [1.807, 2.05) is 0 Å². The van der Waals surface area contributed by atoms with E-state index in [1.165, 1.54) is 34.1 Å². The molecule has 11 heteroatoms. The molecule has 3 aromatic carbocycles. The van der Waals surface area contributed by atoms with Crippen molar-refractivity contribution in [1.82, 2.24) is 0 Å². The minimum absolute atomic E-state index is 1.01. The third kappa shape index (κ3) is 11.3. The van der Waals surface area contributed by atoms with Crippen LogP contribution >= 0.6 is 7.81 Å². The number of nitrogens with zero attached hydrogens (tertiary/aromatic N) is 4. The Kier molecular flexibility index (Phi) is 11.0. The standard InChI is InChI=1S/C30H42N4.F6P/c1-7-31(8-2)25-13-19-28(20-14-25)34(29-21-15-26(16-22-29)32(9-3)10-4)30-23-17-27(18-24-30)33(11-5)12-6;1-7(2,3,4,5)6/h13-24H,7-12H2,1-6H3;/q;-1. The van der Waals surface area contributed by atoms with E-state index in [-0.39, 0.29) is 0 Å². The Morgan fingerprint density at radius 1 is 0.366 bits per heavy atom. The molecular formula is C30H42F6N4P-. The summed E-state index contributed by atoms with van der Waals surface area (Å²) in [7, 11) is -10.7. The summed E-state index contributed by atoms with van der Waals surface area (Å²) < 4.78 is 59.2. The molecule has 0 saturated carbocycles. The van der Waals surface area contributed by atoms with Crippen molar-refractivity contribution >= 4 is 41.9 Å². The van der Waals surface area contributed by atoms with Gasteiger partial charge in [-0.25, -0.2) is 0 Å². The fourth-order valence-corrected chi connectivity index (χ4v) is 4.65. The van der Waals surface area contributed by atoms with Crippen LogP contribution < -0.4 is 19.6 Å². The van der Waals surface area contributed by atoms with Gasteiger partial charge < -0.3 is 19.6 Å². The molecule has 0 aliphatic carbocycles. The van der Waals surface area contributed by atoms with E-state index >= 15 is 0 Å². The van der Waals surface area contributed by atoms with Gasteiger partial charge in [0.1, 0.15) is 0 Å². The molecule has 41 heavy (non-hydrogen) atoms. The fraction of sp³-hybridized carbons (Fsp3) is 0.400. The van der Waals surface area contributed by atoms with Crippen molar-refractivity contribution < 1.29 is 25.2 Å². The molecule has 3 rings (SSSR count). The fourth-order valence-electron chi connectivity index (χ4n) is 4.65. The van der Waals surface area contributed by atoms with Crippen molar-refractivity contribution in [2.24, 2.45) is 0 Å². The van der Waals surface area contributed by atoms with Gasteiger partial charge in [-0.2, -0.15) is 0 Å². The Morgan fingerprint density at radius 2 is 0.512 bits per heavy atom. The quantitative estimate of drug-likeness (QED) is 0.151. The van der Waals surface area contributed by atoms with E-state index in [4.69, 9.17) is 0 Å². The second-order valence-electron chi connectivity index (χ2n) is 9.36. The van der Waals surface area contributed by atoms with Gasteiger partial charge >= 0.3 is 33.0 Å². The number of hydrogen-bond donors (Lipinski definition) is 0. The van der Waals surface area contributed by atoms with Gasteiger partial charge in [-0.05, 0) is 114 Å². The molecule has 0 aliphatic rings. The first kappa shape index (κ1) is 34.1. The Morgan fingerprint density at radius 3 is 0.659 bits per heavy atom. The van der Waals surface area contributed by atoms with Crippen LogP contribution in [-0.4, -0.2) is 39.3 Å². The Balaban J connectivity index is 0.000000745. The molecule has 0 unspecified atom stereocenters. The summed E-state index contributed by atoms with van der Waals surface area (Å²) in [6, 6.07) is 26.9. The Hall–Kier alpha value is -3.13. The van der Waals surface area contributed by atoms with Crippen LogP contribution in [-0.2, 0) is 0 Å². The van der Waals surface area contributed by atoms with Gasteiger partial charge in [0, 0.05) is 73.4 Å². The molecule has 0 heterocycles. The first-order valence-electron chi connectivity index (χ1n) is 14.0. The predicted molar refractivity (Wildman–Crippen MR) is 165 cm³/mol. The van der Waals surface area contributed by atoms with Crippen LogP contribution in [0, 0.1) is 0 Å². The van der Waals surface area contributed by atoms with Crippen LogP contribution in [0.2, 0.25) is 0 Å². The van der Waals surface area contributed by atoms with Gasteiger partial charge in [-0.3, -0.25) is 0 Å². The SMILES string of the molecule is CCN(CC)c1ccc(N(c2ccc(N(CC)CC)cc2)c2ccc(N(CC)CC)cc2)cc1.F[P-](F)(F)(F)(F)F. The van der Waals surface area contributed by atoms with E-state index in [0.717, 1.165) is 39.3 Å². The molecule has 0 fully saturated rings. The molecule has 0 aliphatic heterocycles. The van der Waals surface area contributed by atoms with E-state index < -0.39 is 7.81 Å². The molecule has 4 nitrogen and oxygen atoms in total. The molecule has 230 valence electrons. The first-order valence-corrected chi connectivity index (χ1v) is 16.0. The van der Waals surface area contributed by atoms with Gasteiger partial charge in [0.15, 0.2) is 0 Å². The predicted octanol–water partition coefficient (Wildman–Crippen LogP) is 11.1. The zero-order valence-electron chi connectivity index (χ0n) is 24.7. The van der Waals surface area contributed by atoms with Gasteiger partial charge in [0.2, 0.25) is 0 Å². The van der Waals surface area contributed by atoms with Crippen molar-refractivity contribution in [2.75, 3.05) is 58.9 Å². The summed E-state index contributed by atoms with van der Waals surface area (Å²) in [5.74, 6) is 0. The molecule has 0 atom stereocenters. The zero-order valence-corrected chi connectivity index (χ0v) is 25.6. The van der Waals surface area contributed by atoms with Crippen LogP contribution in [0.15, 0.2) is 72.8 Å². The molecule has 0 radical (unpaired) electrons. The van der Waals surface area contributed by atoms with Crippen LogP contribution in [0.1, 0.15) is 41.5 Å². The van der Waals surface area contributed by atoms with Gasteiger partial charge in [0.05, 0.1) is 0 Å². The van der Waals surface area contributed by atoms with Gasteiger partial charge in [-0.1, -0.05) is 0 Å². The molecule has 0 bridgehead atoms. The summed E-state index contributed by atoms with van der Waals surface area (Å²) in [6.07, 6.45) is 0. The number of anilines is 6. The van der Waals surface area contributed by atoms with Crippen molar-refractivity contribution in [2.45, 2.75) is 41.5 Å². The molecule has 0 aromatic heterocycles. The zero-order chi connectivity index (χ0) is 30.9. The third-order valence-electron chi connectivity index (χ3n) is 6.71. The average molecular weight is 604 g/mol. The van der Waals surface area contributed by atoms with Crippen molar-refractivity contribution in [3.05, 3.63) is 72.8 Å². The van der Waals surface area contributed by atoms with E-state index in [0.29, 0.717) is 0 Å². The molecule has 0 spiro atoms. The van der Waals surface area contributed by atoms with Crippen molar-refractivity contribution in [3.8, 4) is 0 Å². The summed E-state index contributed by atoms with van der Waals surface area (Å²) in [5, 5.41) is 0. The monoisotopic (exact) mass is 603 g/mol. The Labute approximate surface area is 240 Å². The number of halogens is 6. The van der Waals surface area contributed by atoms with E-state index in [1.54, 1.807) is 0 Å². The molecule has 0 N–H and O–H groups in total. The normalized spacial score (nSPS) is 12.9. The first-order chi connectivity index (χ1) is 19.0. The summed E-state index contributed by atoms with van der Waals surface area (Å²) in [5.41, 5.74) is 7.30. The molecule has 0 amide bonds. The second kappa shape index (κ2) is 13.2. The van der Waals surface area contributed by atoms with Crippen LogP contribution in [0.3, 0.4) is 0 Å². The molecule has 3 aromatic rings. The number of hydrogen-bond acceptors (Lipinski definition) is 4. The molecular weight excluding hydrogens is 561 g/mol. The van der Waals surface area contributed by atoms with Crippen LogP contribution in [0.4, 0.5) is 59.3 Å². The molecule has 0 saturated heterocycles. The maximum atomic E-state index is 9.87. The second-order valence-corrected chi connectivity index (χ2v) is 11.3. The van der Waals surface area contributed by atoms with E-state index in [2.05, 4.69) is 134 Å². The van der Waals surface area contributed by atoms with Crippen molar-refractivity contribution in [3.63, 3.8) is 0 Å². The number of rotatable bonds is 12. The topological polar surface area (TPSA) is 13.0 Å². The average Bonchev–Trinajstić information content (AvgIpc) is 2.92. The summed E-state index contributed by atoms with van der Waals surface area (Å²) >= 11 is 0. The van der Waals surface area contributed by atoms with Crippen LogP contribution in [0.5, 0.6) is 0 Å². The third-order valence-corrected chi connectivity index (χ3v) is 6.71. The maximum absolute atomic E-state index is 10.7. The van der Waals surface area contributed by atoms with Gasteiger partial charge in [0.25, 0.3) is 0 Å². The van der Waals surface area contributed by atoms with Crippen LogP contribution in [0.25, 0.3) is 0 Å². The van der Waals surface area contributed by atoms with Gasteiger partial charge in [-0.15, -0.1) is 0 Å². The van der Waals surface area contributed by atoms with E-state index in [9.17, 15) is 25.2 Å². The summed E-state index contributed by atoms with van der Waals surface area (Å²) in [4.78, 5) is 9.49. The minimum atomic E-state index is -10.7. The Bertz CT molecular complexity index is 1050. The summed E-state index contributed by atoms with van der Waals surface area (Å²) in [6.45, 7) is 19.3. The van der Waals surface area contributed by atoms with Crippen molar-refractivity contribution in [1.29, 1.82) is 0 Å².